The van der Waals surface area contributed by atoms with Crippen LogP contribution in [0, 0.1) is 13.8 Å². The lowest BCUT2D eigenvalue weighted by Crippen LogP contribution is -2.03. The fourth-order valence-corrected chi connectivity index (χ4v) is 2.17. The van der Waals surface area contributed by atoms with E-state index in [1.54, 1.807) is 0 Å². The zero-order chi connectivity index (χ0) is 13.9. The molecule has 3 rings (SSSR count). The van der Waals surface area contributed by atoms with E-state index in [9.17, 15) is 0 Å². The summed E-state index contributed by atoms with van der Waals surface area (Å²) < 4.78 is 1.88. The van der Waals surface area contributed by atoms with E-state index < -0.39 is 0 Å². The summed E-state index contributed by atoms with van der Waals surface area (Å²) in [5, 5.41) is 15.1. The van der Waals surface area contributed by atoms with Gasteiger partial charge >= 0.3 is 0 Å². The van der Waals surface area contributed by atoms with Crippen molar-refractivity contribution < 1.29 is 0 Å². The number of H-pyrrole nitrogens is 1. The van der Waals surface area contributed by atoms with Gasteiger partial charge in [-0.2, -0.15) is 10.2 Å². The third kappa shape index (κ3) is 2.42. The highest BCUT2D eigenvalue weighted by Crippen LogP contribution is 2.17. The summed E-state index contributed by atoms with van der Waals surface area (Å²) >= 11 is 0. The number of aryl methyl sites for hydroxylation is 2. The molecule has 3 aromatic rings. The number of nitrogens with zero attached hydrogens (tertiary/aromatic N) is 3. The molecule has 5 nitrogen and oxygen atoms in total. The Kier molecular flexibility index (Phi) is 3.25. The average Bonchev–Trinajstić information content (AvgIpc) is 3.06. The maximum absolute atomic E-state index is 4.56. The molecule has 20 heavy (non-hydrogen) atoms. The van der Waals surface area contributed by atoms with Gasteiger partial charge in [0, 0.05) is 6.20 Å². The van der Waals surface area contributed by atoms with Crippen molar-refractivity contribution in [3.05, 3.63) is 59.7 Å². The molecule has 2 N–H and O–H groups in total. The monoisotopic (exact) mass is 267 g/mol. The maximum Gasteiger partial charge on any atom is 0.0825 e. The largest absolute Gasteiger partial charge is 0.376 e. The van der Waals surface area contributed by atoms with Gasteiger partial charge in [-0.25, -0.2) is 4.68 Å². The maximum atomic E-state index is 4.56. The third-order valence-electron chi connectivity index (χ3n) is 3.24. The highest BCUT2D eigenvalue weighted by Gasteiger charge is 2.06. The predicted molar refractivity (Wildman–Crippen MR) is 79.0 cm³/mol. The number of aromatic amines is 1. The first-order chi connectivity index (χ1) is 9.74. The fraction of sp³-hybridized carbons (Fsp3) is 0.200. The number of para-hydroxylation sites is 1. The van der Waals surface area contributed by atoms with Crippen LogP contribution in [0.4, 0.5) is 5.69 Å². The molecule has 0 amide bonds. The summed E-state index contributed by atoms with van der Waals surface area (Å²) in [6, 6.07) is 12.1. The van der Waals surface area contributed by atoms with Crippen LogP contribution in [-0.4, -0.2) is 20.0 Å². The Morgan fingerprint density at radius 2 is 1.95 bits per heavy atom. The summed E-state index contributed by atoms with van der Waals surface area (Å²) in [5.74, 6) is 0. The molecule has 0 aliphatic rings. The molecule has 0 saturated heterocycles. The third-order valence-corrected chi connectivity index (χ3v) is 3.24. The first-order valence-electron chi connectivity index (χ1n) is 6.59. The van der Waals surface area contributed by atoms with Crippen LogP contribution in [0.1, 0.15) is 17.1 Å². The molecule has 1 aromatic carbocycles. The van der Waals surface area contributed by atoms with Gasteiger partial charge in [0.25, 0.3) is 0 Å². The van der Waals surface area contributed by atoms with Crippen molar-refractivity contribution in [2.45, 2.75) is 20.4 Å². The van der Waals surface area contributed by atoms with Crippen molar-refractivity contribution in [2.24, 2.45) is 0 Å². The van der Waals surface area contributed by atoms with Gasteiger partial charge in [-0.05, 0) is 32.0 Å². The number of rotatable bonds is 4. The second-order valence-electron chi connectivity index (χ2n) is 4.75. The Balaban J connectivity index is 1.72. The van der Waals surface area contributed by atoms with Gasteiger partial charge in [0.1, 0.15) is 0 Å². The van der Waals surface area contributed by atoms with Crippen molar-refractivity contribution >= 4 is 5.69 Å². The number of nitrogens with one attached hydrogen (secondary N) is 2. The zero-order valence-electron chi connectivity index (χ0n) is 11.6. The minimum Gasteiger partial charge on any atom is -0.376 e. The van der Waals surface area contributed by atoms with Gasteiger partial charge in [0.15, 0.2) is 0 Å². The molecule has 0 radical (unpaired) electrons. The molecule has 0 aliphatic heterocycles. The summed E-state index contributed by atoms with van der Waals surface area (Å²) in [6.07, 6.45) is 1.97. The van der Waals surface area contributed by atoms with Crippen molar-refractivity contribution in [1.82, 2.24) is 20.0 Å². The van der Waals surface area contributed by atoms with Crippen LogP contribution in [0.25, 0.3) is 5.69 Å². The van der Waals surface area contributed by atoms with E-state index in [1.165, 1.54) is 0 Å². The first-order valence-corrected chi connectivity index (χ1v) is 6.59. The van der Waals surface area contributed by atoms with Crippen molar-refractivity contribution in [2.75, 3.05) is 5.32 Å². The molecular weight excluding hydrogens is 250 g/mol. The highest BCUT2D eigenvalue weighted by atomic mass is 15.3. The van der Waals surface area contributed by atoms with Crippen LogP contribution in [0.3, 0.4) is 0 Å². The number of benzene rings is 1. The Labute approximate surface area is 117 Å². The molecule has 0 unspecified atom stereocenters. The molecule has 0 bridgehead atoms. The summed E-state index contributed by atoms with van der Waals surface area (Å²) in [6.45, 7) is 4.67. The summed E-state index contributed by atoms with van der Waals surface area (Å²) in [4.78, 5) is 0. The van der Waals surface area contributed by atoms with Crippen LogP contribution in [-0.2, 0) is 6.54 Å². The molecule has 2 heterocycles. The molecule has 0 saturated carbocycles. The van der Waals surface area contributed by atoms with E-state index in [2.05, 4.69) is 20.6 Å². The quantitative estimate of drug-likeness (QED) is 0.764. The van der Waals surface area contributed by atoms with E-state index in [0.717, 1.165) is 28.5 Å². The Morgan fingerprint density at radius 1 is 1.15 bits per heavy atom. The van der Waals surface area contributed by atoms with Gasteiger partial charge in [-0.1, -0.05) is 18.2 Å². The summed E-state index contributed by atoms with van der Waals surface area (Å²) in [7, 11) is 0. The highest BCUT2D eigenvalue weighted by molar-refractivity contribution is 5.51. The van der Waals surface area contributed by atoms with Gasteiger partial charge in [0.2, 0.25) is 0 Å². The molecule has 2 aromatic heterocycles. The zero-order valence-corrected chi connectivity index (χ0v) is 11.6. The molecule has 0 fully saturated rings. The van der Waals surface area contributed by atoms with Gasteiger partial charge in [-0.3, -0.25) is 5.10 Å². The molecular formula is C15H17N5. The molecule has 102 valence electrons. The van der Waals surface area contributed by atoms with Crippen molar-refractivity contribution in [1.29, 1.82) is 0 Å². The lowest BCUT2D eigenvalue weighted by molar-refractivity contribution is 0.843. The lowest BCUT2D eigenvalue weighted by Gasteiger charge is -2.04. The number of aromatic nitrogens is 4. The predicted octanol–water partition coefficient (Wildman–Crippen LogP) is 2.82. The number of anilines is 1. The number of hydrogen-bond acceptors (Lipinski definition) is 3. The molecule has 0 atom stereocenters. The average molecular weight is 267 g/mol. The van der Waals surface area contributed by atoms with E-state index in [1.807, 2.05) is 61.1 Å². The smallest absolute Gasteiger partial charge is 0.0825 e. The first kappa shape index (κ1) is 12.5. The topological polar surface area (TPSA) is 58.5 Å². The van der Waals surface area contributed by atoms with Crippen LogP contribution in [0.2, 0.25) is 0 Å². The second kappa shape index (κ2) is 5.21. The lowest BCUT2D eigenvalue weighted by atomic mass is 10.3. The second-order valence-corrected chi connectivity index (χ2v) is 4.75. The normalized spacial score (nSPS) is 10.7. The van der Waals surface area contributed by atoms with Crippen LogP contribution >= 0.6 is 0 Å². The van der Waals surface area contributed by atoms with Crippen LogP contribution in [0.5, 0.6) is 0 Å². The number of hydrogen-bond donors (Lipinski definition) is 2. The van der Waals surface area contributed by atoms with E-state index in [0.29, 0.717) is 6.54 Å². The van der Waals surface area contributed by atoms with Crippen molar-refractivity contribution in [3.63, 3.8) is 0 Å². The standard InChI is InChI=1S/C15H17N5/c1-11-15(12(2)18-17-11)16-10-13-8-9-20(19-13)14-6-4-3-5-7-14/h3-9,16H,10H2,1-2H3,(H,17,18). The van der Waals surface area contributed by atoms with E-state index >= 15 is 0 Å². The van der Waals surface area contributed by atoms with Gasteiger partial charge in [-0.15, -0.1) is 0 Å². The van der Waals surface area contributed by atoms with E-state index in [4.69, 9.17) is 0 Å². The van der Waals surface area contributed by atoms with Crippen LogP contribution < -0.4 is 5.32 Å². The van der Waals surface area contributed by atoms with Crippen LogP contribution in [0.15, 0.2) is 42.6 Å². The summed E-state index contributed by atoms with van der Waals surface area (Å²) in [5.41, 5.74) is 5.14. The Morgan fingerprint density at radius 3 is 2.65 bits per heavy atom. The molecule has 0 aliphatic carbocycles. The van der Waals surface area contributed by atoms with Gasteiger partial charge < -0.3 is 5.32 Å². The van der Waals surface area contributed by atoms with Gasteiger partial charge in [0.05, 0.1) is 35.0 Å². The SMILES string of the molecule is Cc1n[nH]c(C)c1NCc1ccn(-c2ccccc2)n1. The molecule has 0 spiro atoms. The minimum absolute atomic E-state index is 0.682. The fourth-order valence-electron chi connectivity index (χ4n) is 2.17. The van der Waals surface area contributed by atoms with E-state index in [-0.39, 0.29) is 0 Å². The Hall–Kier alpha value is -2.56. The van der Waals surface area contributed by atoms with Crippen molar-refractivity contribution in [3.8, 4) is 5.69 Å². The minimum atomic E-state index is 0.682. The molecule has 5 heteroatoms. The Bertz CT molecular complexity index is 677.